The molecule has 1 heteroatoms. The predicted octanol–water partition coefficient (Wildman–Crippen LogP) is 3.00. The SMILES string of the molecule is CCC=C(c1ccccc1)N(C)C. The van der Waals surface area contributed by atoms with Gasteiger partial charge in [0.05, 0.1) is 0 Å². The molecule has 0 amide bonds. The van der Waals surface area contributed by atoms with Crippen molar-refractivity contribution in [2.24, 2.45) is 0 Å². The summed E-state index contributed by atoms with van der Waals surface area (Å²) in [6.45, 7) is 2.16. The lowest BCUT2D eigenvalue weighted by Gasteiger charge is -2.17. The van der Waals surface area contributed by atoms with E-state index in [9.17, 15) is 0 Å². The van der Waals surface area contributed by atoms with Crippen LogP contribution < -0.4 is 0 Å². The maximum absolute atomic E-state index is 2.25. The minimum absolute atomic E-state index is 1.07. The van der Waals surface area contributed by atoms with E-state index in [1.807, 2.05) is 6.07 Å². The zero-order valence-corrected chi connectivity index (χ0v) is 8.62. The maximum atomic E-state index is 2.25. The van der Waals surface area contributed by atoms with Crippen LogP contribution in [0.5, 0.6) is 0 Å². The van der Waals surface area contributed by atoms with Gasteiger partial charge in [0.2, 0.25) is 0 Å². The van der Waals surface area contributed by atoms with Gasteiger partial charge in [0.15, 0.2) is 0 Å². The first-order chi connectivity index (χ1) is 6.25. The monoisotopic (exact) mass is 175 g/mol. The molecule has 0 saturated carbocycles. The average Bonchev–Trinajstić information content (AvgIpc) is 2.15. The van der Waals surface area contributed by atoms with Crippen LogP contribution in [0.25, 0.3) is 5.70 Å². The predicted molar refractivity (Wildman–Crippen MR) is 58.4 cm³/mol. The van der Waals surface area contributed by atoms with E-state index in [0.717, 1.165) is 6.42 Å². The number of benzene rings is 1. The molecule has 0 aliphatic heterocycles. The second-order valence-corrected chi connectivity index (χ2v) is 3.26. The summed E-state index contributed by atoms with van der Waals surface area (Å²) in [6.07, 6.45) is 3.32. The molecule has 0 bridgehead atoms. The summed E-state index contributed by atoms with van der Waals surface area (Å²) in [5.41, 5.74) is 2.58. The zero-order valence-electron chi connectivity index (χ0n) is 8.62. The Kier molecular flexibility index (Phi) is 3.56. The van der Waals surface area contributed by atoms with E-state index in [1.165, 1.54) is 11.3 Å². The quantitative estimate of drug-likeness (QED) is 0.682. The molecule has 0 saturated heterocycles. The van der Waals surface area contributed by atoms with Crippen molar-refractivity contribution in [2.45, 2.75) is 13.3 Å². The number of nitrogens with zero attached hydrogens (tertiary/aromatic N) is 1. The Balaban J connectivity index is 2.96. The van der Waals surface area contributed by atoms with Crippen LogP contribution in [0.4, 0.5) is 0 Å². The average molecular weight is 175 g/mol. The molecule has 0 heterocycles. The minimum Gasteiger partial charge on any atom is -0.377 e. The van der Waals surface area contributed by atoms with Gasteiger partial charge >= 0.3 is 0 Å². The van der Waals surface area contributed by atoms with Crippen molar-refractivity contribution in [3.8, 4) is 0 Å². The molecule has 0 N–H and O–H groups in total. The van der Waals surface area contributed by atoms with E-state index >= 15 is 0 Å². The van der Waals surface area contributed by atoms with Crippen molar-refractivity contribution in [1.82, 2.24) is 4.90 Å². The standard InChI is InChI=1S/C12H17N/c1-4-8-12(13(2)3)11-9-6-5-7-10-11/h5-10H,4H2,1-3H3. The van der Waals surface area contributed by atoms with Crippen LogP contribution in [0.2, 0.25) is 0 Å². The summed E-state index contributed by atoms with van der Waals surface area (Å²) in [5.74, 6) is 0. The van der Waals surface area contributed by atoms with E-state index in [1.54, 1.807) is 0 Å². The second-order valence-electron chi connectivity index (χ2n) is 3.26. The van der Waals surface area contributed by atoms with Crippen LogP contribution in [-0.4, -0.2) is 19.0 Å². The molecular weight excluding hydrogens is 158 g/mol. The molecule has 0 radical (unpaired) electrons. The van der Waals surface area contributed by atoms with Crippen LogP contribution in [-0.2, 0) is 0 Å². The molecule has 1 nitrogen and oxygen atoms in total. The van der Waals surface area contributed by atoms with Crippen LogP contribution in [0.1, 0.15) is 18.9 Å². The first kappa shape index (κ1) is 9.85. The highest BCUT2D eigenvalue weighted by atomic mass is 15.1. The molecule has 0 aliphatic carbocycles. The van der Waals surface area contributed by atoms with Crippen LogP contribution >= 0.6 is 0 Å². The van der Waals surface area contributed by atoms with E-state index in [0.29, 0.717) is 0 Å². The summed E-state index contributed by atoms with van der Waals surface area (Å²) in [5, 5.41) is 0. The van der Waals surface area contributed by atoms with Crippen molar-refractivity contribution >= 4 is 5.70 Å². The largest absolute Gasteiger partial charge is 0.377 e. The van der Waals surface area contributed by atoms with Gasteiger partial charge in [0.1, 0.15) is 0 Å². The summed E-state index contributed by atoms with van der Waals surface area (Å²) in [6, 6.07) is 10.5. The number of allylic oxidation sites excluding steroid dienone is 1. The van der Waals surface area contributed by atoms with Gasteiger partial charge < -0.3 is 4.90 Å². The Morgan fingerprint density at radius 3 is 2.31 bits per heavy atom. The first-order valence-corrected chi connectivity index (χ1v) is 4.68. The van der Waals surface area contributed by atoms with Gasteiger partial charge in [-0.25, -0.2) is 0 Å². The summed E-state index contributed by atoms with van der Waals surface area (Å²) >= 11 is 0. The second kappa shape index (κ2) is 4.70. The molecule has 0 aromatic heterocycles. The molecule has 13 heavy (non-hydrogen) atoms. The fourth-order valence-corrected chi connectivity index (χ4v) is 1.36. The summed E-state index contributed by atoms with van der Waals surface area (Å²) in [7, 11) is 4.16. The van der Waals surface area contributed by atoms with Gasteiger partial charge in [-0.1, -0.05) is 43.3 Å². The molecule has 1 aromatic carbocycles. The lowest BCUT2D eigenvalue weighted by Crippen LogP contribution is -2.09. The van der Waals surface area contributed by atoms with Crippen molar-refractivity contribution in [3.05, 3.63) is 42.0 Å². The smallest absolute Gasteiger partial charge is 0.0393 e. The fourth-order valence-electron chi connectivity index (χ4n) is 1.36. The van der Waals surface area contributed by atoms with Gasteiger partial charge in [-0.3, -0.25) is 0 Å². The van der Waals surface area contributed by atoms with Crippen molar-refractivity contribution in [2.75, 3.05) is 14.1 Å². The van der Waals surface area contributed by atoms with Crippen molar-refractivity contribution in [1.29, 1.82) is 0 Å². The Hall–Kier alpha value is -1.24. The van der Waals surface area contributed by atoms with Gasteiger partial charge in [0, 0.05) is 19.8 Å². The highest BCUT2D eigenvalue weighted by molar-refractivity contribution is 5.63. The van der Waals surface area contributed by atoms with Gasteiger partial charge in [0.25, 0.3) is 0 Å². The number of hydrogen-bond acceptors (Lipinski definition) is 1. The van der Waals surface area contributed by atoms with Crippen molar-refractivity contribution in [3.63, 3.8) is 0 Å². The zero-order chi connectivity index (χ0) is 9.68. The molecule has 1 rings (SSSR count). The molecule has 1 aromatic rings. The molecule has 0 aliphatic rings. The van der Waals surface area contributed by atoms with Crippen LogP contribution in [0.3, 0.4) is 0 Å². The number of hydrogen-bond donors (Lipinski definition) is 0. The maximum Gasteiger partial charge on any atom is 0.0393 e. The minimum atomic E-state index is 1.07. The fraction of sp³-hybridized carbons (Fsp3) is 0.333. The third-order valence-electron chi connectivity index (χ3n) is 1.95. The van der Waals surface area contributed by atoms with Crippen LogP contribution in [0.15, 0.2) is 36.4 Å². The Bertz CT molecular complexity index is 272. The highest BCUT2D eigenvalue weighted by Gasteiger charge is 2.00. The topological polar surface area (TPSA) is 3.24 Å². The molecular formula is C12H17N. The van der Waals surface area contributed by atoms with Gasteiger partial charge in [-0.2, -0.15) is 0 Å². The molecule has 0 unspecified atom stereocenters. The molecule has 0 atom stereocenters. The highest BCUT2D eigenvalue weighted by Crippen LogP contribution is 2.16. The lowest BCUT2D eigenvalue weighted by atomic mass is 10.1. The molecule has 0 spiro atoms. The van der Waals surface area contributed by atoms with E-state index in [-0.39, 0.29) is 0 Å². The summed E-state index contributed by atoms with van der Waals surface area (Å²) in [4.78, 5) is 2.15. The van der Waals surface area contributed by atoms with E-state index in [2.05, 4.69) is 56.3 Å². The first-order valence-electron chi connectivity index (χ1n) is 4.68. The van der Waals surface area contributed by atoms with Gasteiger partial charge in [-0.15, -0.1) is 0 Å². The van der Waals surface area contributed by atoms with Gasteiger partial charge in [-0.05, 0) is 12.0 Å². The lowest BCUT2D eigenvalue weighted by molar-refractivity contribution is 0.590. The third kappa shape index (κ3) is 2.62. The third-order valence-corrected chi connectivity index (χ3v) is 1.95. The normalized spacial score (nSPS) is 11.5. The molecule has 0 fully saturated rings. The Morgan fingerprint density at radius 2 is 1.85 bits per heavy atom. The summed E-state index contributed by atoms with van der Waals surface area (Å²) < 4.78 is 0. The Labute approximate surface area is 80.7 Å². The molecule has 70 valence electrons. The van der Waals surface area contributed by atoms with E-state index < -0.39 is 0 Å². The Morgan fingerprint density at radius 1 is 1.23 bits per heavy atom. The van der Waals surface area contributed by atoms with Crippen LogP contribution in [0, 0.1) is 0 Å². The number of rotatable bonds is 3. The van der Waals surface area contributed by atoms with Crippen molar-refractivity contribution < 1.29 is 0 Å². The van der Waals surface area contributed by atoms with E-state index in [4.69, 9.17) is 0 Å².